The molecule has 6 fully saturated rings. The number of anilines is 2. The van der Waals surface area contributed by atoms with Crippen molar-refractivity contribution in [3.63, 3.8) is 0 Å². The highest BCUT2D eigenvalue weighted by molar-refractivity contribution is 8.32. The van der Waals surface area contributed by atoms with Gasteiger partial charge in [0.1, 0.15) is 119 Å². The van der Waals surface area contributed by atoms with Gasteiger partial charge >= 0.3 is 28.4 Å². The van der Waals surface area contributed by atoms with Crippen LogP contribution in [-0.2, 0) is 159 Å². The molecule has 24 atom stereocenters. The summed E-state index contributed by atoms with van der Waals surface area (Å²) < 4.78 is 127. The van der Waals surface area contributed by atoms with Crippen LogP contribution in [0.4, 0.5) is 11.6 Å². The SMILES string of the molecule is CC[C@H]1O[C@@H](n2cnc3c(N)ncnc32)C[C@H]1OP([O-])(=S)OC[C@H]1O[C@@H](n2cc(C)c(=O)[nH]c2=O)C[C@H]1OP(=O)([S-])OC[C@H]1O[C@@H](n2cc(C)c(=O)[nH]c2=O)C[C@H]1OP([O-])(=S)OC[C@H]1O[C@@H](n2cc(C)c(=O)[nH]c2=O)C[C@H]1OP([O-])(=S)OC[C@H]1O[C@@H](n2cc(C)c(N)nc2=O)C[C@H]1OP([O-])(=S)OC[C@H]1O[C@@H](n2cc(C)c(=O)[nH]c2=O)C[C@H]1OP([O-])(=S)OC. The fourth-order valence-electron chi connectivity index (χ4n) is 14.1. The Morgan fingerprint density at radius 2 is 0.715 bits per heavy atom. The van der Waals surface area contributed by atoms with Crippen LogP contribution in [0.3, 0.4) is 0 Å². The van der Waals surface area contributed by atoms with E-state index in [0.717, 1.165) is 42.3 Å². The van der Waals surface area contributed by atoms with E-state index < -0.39 is 254 Å². The van der Waals surface area contributed by atoms with Gasteiger partial charge < -0.3 is 131 Å². The third-order valence-corrected chi connectivity index (χ3v) is 29.8. The summed E-state index contributed by atoms with van der Waals surface area (Å²) in [4.78, 5) is 212. The Hall–Kier alpha value is -5.34. The van der Waals surface area contributed by atoms with Gasteiger partial charge in [-0.15, -0.1) is 0 Å². The van der Waals surface area contributed by atoms with Crippen molar-refractivity contribution < 1.29 is 112 Å². The molecule has 61 heteroatoms. The van der Waals surface area contributed by atoms with E-state index in [1.54, 1.807) is 11.5 Å². The Bertz CT molecular complexity index is 6060. The average molecular weight is 1950 g/mol. The van der Waals surface area contributed by atoms with Gasteiger partial charge in [-0.2, -0.15) is 4.98 Å². The van der Waals surface area contributed by atoms with Crippen molar-refractivity contribution in [3.8, 4) is 0 Å². The molecule has 13 heterocycles. The first-order chi connectivity index (χ1) is 57.7. The lowest BCUT2D eigenvalue weighted by atomic mass is 10.1. The predicted octanol–water partition coefficient (Wildman–Crippen LogP) is -2.25. The van der Waals surface area contributed by atoms with Gasteiger partial charge in [0, 0.05) is 104 Å². The number of aromatic amines is 4. The average Bonchev–Trinajstić information content (AvgIpc) is 1.65. The molecular weight excluding hydrogens is 1880 g/mol. The molecule has 7 aromatic rings. The summed E-state index contributed by atoms with van der Waals surface area (Å²) in [5, 5.41) is 0. The maximum absolute atomic E-state index is 14.8. The second-order valence-electron chi connectivity index (χ2n) is 28.8. The number of rotatable bonds is 35. The highest BCUT2D eigenvalue weighted by Gasteiger charge is 2.48. The largest absolute Gasteiger partial charge is 0.780 e. The third kappa shape index (κ3) is 22.9. The fourth-order valence-corrected chi connectivity index (χ4v) is 22.3. The lowest BCUT2D eigenvalue weighted by Crippen LogP contribution is -2.34. The molecule has 123 heavy (non-hydrogen) atoms. The van der Waals surface area contributed by atoms with Crippen LogP contribution in [0.15, 0.2) is 86.8 Å². The predicted molar refractivity (Wildman–Crippen MR) is 435 cm³/mol. The molecule has 13 rings (SSSR count). The van der Waals surface area contributed by atoms with Gasteiger partial charge in [-0.25, -0.2) is 38.9 Å². The molecule has 676 valence electrons. The molecule has 6 unspecified atom stereocenters. The summed E-state index contributed by atoms with van der Waals surface area (Å²) in [5.41, 5.74) is 5.39. The van der Waals surface area contributed by atoms with Crippen LogP contribution in [0.2, 0.25) is 0 Å². The number of nitrogen functional groups attached to an aromatic ring is 2. The minimum absolute atomic E-state index is 0.0112. The fraction of sp³-hybridized carbons (Fsp3) is 0.597. The number of fused-ring (bicyclic) bond motifs is 1. The zero-order valence-electron chi connectivity index (χ0n) is 65.2. The van der Waals surface area contributed by atoms with Crippen LogP contribution in [0, 0.1) is 34.6 Å². The monoisotopic (exact) mass is 1950 g/mol. The second kappa shape index (κ2) is 38.4. The smallest absolute Gasteiger partial charge is 0.351 e. The second-order valence-corrected chi connectivity index (χ2v) is 45.1. The molecule has 0 spiro atoms. The van der Waals surface area contributed by atoms with Gasteiger partial charge in [-0.05, 0) is 41.0 Å². The summed E-state index contributed by atoms with van der Waals surface area (Å²) in [7, 11) is 1.02. The minimum Gasteiger partial charge on any atom is -0.780 e. The maximum atomic E-state index is 14.8. The summed E-state index contributed by atoms with van der Waals surface area (Å²) in [6.45, 7) is -23.9. The van der Waals surface area contributed by atoms with Crippen molar-refractivity contribution in [2.75, 3.05) is 51.6 Å². The molecule has 0 amide bonds. The van der Waals surface area contributed by atoms with Crippen molar-refractivity contribution in [1.82, 2.24) is 67.3 Å². The van der Waals surface area contributed by atoms with Gasteiger partial charge in [0.15, 0.2) is 18.3 Å². The van der Waals surface area contributed by atoms with Crippen LogP contribution < -0.4 is 86.6 Å². The van der Waals surface area contributed by atoms with Crippen LogP contribution >= 0.6 is 40.4 Å². The number of H-pyrrole nitrogens is 4. The first-order valence-electron chi connectivity index (χ1n) is 37.0. The number of aryl methyl sites for hydroxylation is 5. The molecule has 49 nitrogen and oxygen atoms in total. The van der Waals surface area contributed by atoms with E-state index in [0.29, 0.717) is 23.1 Å². The Morgan fingerprint density at radius 1 is 0.423 bits per heavy atom. The molecule has 8 N–H and O–H groups in total. The number of hydrogen-bond donors (Lipinski definition) is 6. The standard InChI is InChI=1S/C62H84N16O33P6S6/c1-8-32-33(9-49(100-32)78-26-67-50-52(64)65-25-66-53(50)78)107-113(89,119)95-21-41-36(12-46(103-41)75-17-29(4)55(80)70-60(75)85)109-116(92,122)98-23-43-38(14-48(105-43)77-19-31(6)57(82)72-62(77)87)111-117(93,123)99-24-42-37(13-47(104-42)76-18-30(5)56(81)71-61(76)86)110-115(91,121)97-22-40-35(11-44(102-40)73-15-27(2)51(63)68-58(73)83)108-114(90,120)96-20-39-34(106-112(88,118)94-7)10-45(101-39)74-16-28(3)54(79)69-59(74)84/h15-19,25-26,32-49H,8-14,20-24H2,1-7H3,(H,88,118)(H,89,119)(H,90,120)(H,91,121)(H,92,122)(H,93,123)(H2,63,68,83)(H2,64,65,66)(H,69,79,84)(H,70,80,85)(H,71,81,86)(H,72,82,87)/p-6/t32-,33-,34-,35-,36-,37-,38-,39-,40-,41-,42-,43-,44-,45-,46-,47-,48-,49-,112?,113?,114?,115?,116?,117?/m1/s1. The number of ether oxygens (including phenoxy) is 6. The number of nitrogens with one attached hydrogen (secondary N) is 4. The molecule has 7 aromatic heterocycles. The molecule has 0 aromatic carbocycles. The Labute approximate surface area is 723 Å². The number of imidazole rings is 1. The van der Waals surface area contributed by atoms with Gasteiger partial charge in [0.05, 0.1) is 82.1 Å². The number of nitrogens with zero attached hydrogens (tertiary/aromatic N) is 10. The van der Waals surface area contributed by atoms with Gasteiger partial charge in [0.2, 0.25) is 0 Å². The van der Waals surface area contributed by atoms with Crippen molar-refractivity contribution in [3.05, 3.63) is 165 Å². The van der Waals surface area contributed by atoms with Gasteiger partial charge in [-0.3, -0.25) is 71.1 Å². The van der Waals surface area contributed by atoms with Crippen LogP contribution in [0.25, 0.3) is 11.2 Å². The Kier molecular flexibility index (Phi) is 29.7. The normalized spacial score (nSPS) is 29.7. The molecular formula is C62H78N16O33P6S6-6. The quantitative estimate of drug-likeness (QED) is 0.0180. The highest BCUT2D eigenvalue weighted by Crippen LogP contribution is 2.56. The first kappa shape index (κ1) is 95.2. The number of aromatic nitrogens is 14. The van der Waals surface area contributed by atoms with Crippen molar-refractivity contribution in [2.45, 2.75) is 197 Å². The van der Waals surface area contributed by atoms with Crippen molar-refractivity contribution in [2.24, 2.45) is 0 Å². The third-order valence-electron chi connectivity index (χ3n) is 20.3. The zero-order valence-corrected chi connectivity index (χ0v) is 75.4. The van der Waals surface area contributed by atoms with E-state index in [9.17, 15) is 72.2 Å². The van der Waals surface area contributed by atoms with Gasteiger partial charge in [-0.1, -0.05) is 66.0 Å². The summed E-state index contributed by atoms with van der Waals surface area (Å²) >= 11 is 32.1. The van der Waals surface area contributed by atoms with E-state index in [4.69, 9.17) is 165 Å². The van der Waals surface area contributed by atoms with E-state index in [1.807, 2.05) is 0 Å². The number of nitrogens with two attached hydrogens (primary N) is 2. The molecule has 0 radical (unpaired) electrons. The van der Waals surface area contributed by atoms with Crippen LogP contribution in [0.5, 0.6) is 0 Å². The van der Waals surface area contributed by atoms with E-state index in [1.165, 1.54) is 65.9 Å². The number of hydrogen-bond acceptors (Lipinski definition) is 45. The zero-order chi connectivity index (χ0) is 89.1. The molecule has 6 aliphatic heterocycles. The molecule has 6 saturated heterocycles. The van der Waals surface area contributed by atoms with E-state index in [-0.39, 0.29) is 53.2 Å². The van der Waals surface area contributed by atoms with Crippen molar-refractivity contribution in [1.29, 1.82) is 0 Å². The molecule has 0 aliphatic carbocycles. The van der Waals surface area contributed by atoms with Crippen molar-refractivity contribution >= 4 is 134 Å². The minimum atomic E-state index is -5.02. The first-order valence-corrected chi connectivity index (χ1v) is 52.3. The highest BCUT2D eigenvalue weighted by atomic mass is 32.7. The van der Waals surface area contributed by atoms with Crippen LogP contribution in [-0.4, -0.2) is 181 Å². The molecule has 0 bridgehead atoms. The van der Waals surface area contributed by atoms with Crippen LogP contribution in [0.1, 0.15) is 117 Å². The summed E-state index contributed by atoms with van der Waals surface area (Å²) in [5.74, 6) is -0.0132. The summed E-state index contributed by atoms with van der Waals surface area (Å²) in [6.07, 6.45) is -17.2. The topological polar surface area (TPSA) is 648 Å². The molecule has 6 aliphatic rings. The lowest BCUT2D eigenvalue weighted by molar-refractivity contribution is -0.221. The van der Waals surface area contributed by atoms with E-state index >= 15 is 0 Å². The Balaban J connectivity index is 0.701. The van der Waals surface area contributed by atoms with E-state index in [2.05, 4.69) is 39.9 Å². The summed E-state index contributed by atoms with van der Waals surface area (Å²) in [6, 6.07) is 0. The van der Waals surface area contributed by atoms with Gasteiger partial charge in [0.25, 0.3) is 22.2 Å². The maximum Gasteiger partial charge on any atom is 0.351 e. The Morgan fingerprint density at radius 3 is 1.06 bits per heavy atom. The lowest BCUT2D eigenvalue weighted by Gasteiger charge is -2.36. The molecule has 0 saturated carbocycles.